The first kappa shape index (κ1) is 13.9. The summed E-state index contributed by atoms with van der Waals surface area (Å²) in [6, 6.07) is 7.73. The van der Waals surface area contributed by atoms with E-state index < -0.39 is 0 Å². The summed E-state index contributed by atoms with van der Waals surface area (Å²) in [5, 5.41) is 0. The van der Waals surface area contributed by atoms with Gasteiger partial charge in [0.15, 0.2) is 20.4 Å². The lowest BCUT2D eigenvalue weighted by molar-refractivity contribution is -0.177. The lowest BCUT2D eigenvalue weighted by Crippen LogP contribution is -2.09. The summed E-state index contributed by atoms with van der Waals surface area (Å²) < 4.78 is 25.0. The second-order valence-corrected chi connectivity index (χ2v) is 3.33. The van der Waals surface area contributed by atoms with Crippen LogP contribution in [0.5, 0.6) is 5.75 Å². The highest BCUT2D eigenvalue weighted by Crippen LogP contribution is 2.10. The summed E-state index contributed by atoms with van der Waals surface area (Å²) in [5.74, 6) is 0.770. The first-order chi connectivity index (χ1) is 8.33. The third-order valence-corrected chi connectivity index (χ3v) is 1.86. The van der Waals surface area contributed by atoms with Crippen LogP contribution in [-0.2, 0) is 18.9 Å². The zero-order valence-corrected chi connectivity index (χ0v) is 10.2. The molecule has 1 aromatic rings. The van der Waals surface area contributed by atoms with E-state index in [1.165, 1.54) is 5.56 Å². The number of hydrogen-bond donors (Lipinski definition) is 0. The molecule has 5 nitrogen and oxygen atoms in total. The zero-order valence-electron chi connectivity index (χ0n) is 10.2. The van der Waals surface area contributed by atoms with E-state index in [9.17, 15) is 0 Å². The van der Waals surface area contributed by atoms with Crippen LogP contribution in [0.2, 0.25) is 0 Å². The molecule has 96 valence electrons. The Kier molecular flexibility index (Phi) is 7.33. The van der Waals surface area contributed by atoms with Gasteiger partial charge in [-0.1, -0.05) is 17.7 Å². The van der Waals surface area contributed by atoms with E-state index in [1.807, 2.05) is 31.2 Å². The molecule has 5 heteroatoms. The number of aryl methyl sites for hydroxylation is 1. The average molecular weight is 242 g/mol. The largest absolute Gasteiger partial charge is 0.467 e. The topological polar surface area (TPSA) is 46.2 Å². The summed E-state index contributed by atoms with van der Waals surface area (Å²) in [4.78, 5) is 0. The molecule has 0 saturated heterocycles. The Labute approximate surface area is 101 Å². The Bertz CT molecular complexity index is 285. The highest BCUT2D eigenvalue weighted by atomic mass is 16.8. The molecule has 0 heterocycles. The molecule has 0 radical (unpaired) electrons. The first-order valence-corrected chi connectivity index (χ1v) is 5.24. The van der Waals surface area contributed by atoms with Crippen LogP contribution in [0, 0.1) is 6.92 Å². The van der Waals surface area contributed by atoms with Crippen LogP contribution in [-0.4, -0.2) is 34.3 Å². The summed E-state index contributed by atoms with van der Waals surface area (Å²) in [6.45, 7) is 2.63. The van der Waals surface area contributed by atoms with Crippen molar-refractivity contribution in [1.29, 1.82) is 0 Å². The molecule has 0 N–H and O–H groups in total. The van der Waals surface area contributed by atoms with Crippen LogP contribution in [0.1, 0.15) is 5.56 Å². The Morgan fingerprint density at radius 1 is 0.824 bits per heavy atom. The van der Waals surface area contributed by atoms with Gasteiger partial charge in [-0.3, -0.25) is 0 Å². The van der Waals surface area contributed by atoms with Gasteiger partial charge >= 0.3 is 0 Å². The molecule has 17 heavy (non-hydrogen) atoms. The van der Waals surface area contributed by atoms with Crippen molar-refractivity contribution in [1.82, 2.24) is 0 Å². The van der Waals surface area contributed by atoms with Crippen LogP contribution in [0.3, 0.4) is 0 Å². The van der Waals surface area contributed by atoms with Crippen LogP contribution in [0.4, 0.5) is 0 Å². The van der Waals surface area contributed by atoms with Gasteiger partial charge in [0, 0.05) is 7.11 Å². The minimum absolute atomic E-state index is 0.121. The average Bonchev–Trinajstić information content (AvgIpc) is 2.35. The summed E-state index contributed by atoms with van der Waals surface area (Å²) in [6.07, 6.45) is 0. The van der Waals surface area contributed by atoms with Gasteiger partial charge in [-0.15, -0.1) is 0 Å². The number of benzene rings is 1. The van der Waals surface area contributed by atoms with Crippen LogP contribution in [0.25, 0.3) is 0 Å². The number of methoxy groups -OCH3 is 1. The summed E-state index contributed by atoms with van der Waals surface area (Å²) in [5.41, 5.74) is 1.19. The zero-order chi connectivity index (χ0) is 12.3. The van der Waals surface area contributed by atoms with Crippen molar-refractivity contribution in [3.8, 4) is 5.75 Å². The van der Waals surface area contributed by atoms with Crippen molar-refractivity contribution < 1.29 is 23.7 Å². The van der Waals surface area contributed by atoms with Gasteiger partial charge in [0.1, 0.15) is 12.5 Å². The second kappa shape index (κ2) is 8.95. The smallest absolute Gasteiger partial charge is 0.191 e. The van der Waals surface area contributed by atoms with Crippen molar-refractivity contribution in [3.63, 3.8) is 0 Å². The fraction of sp³-hybridized carbons (Fsp3) is 0.500. The van der Waals surface area contributed by atoms with Gasteiger partial charge in [-0.2, -0.15) is 0 Å². The Balaban J connectivity index is 1.95. The second-order valence-electron chi connectivity index (χ2n) is 3.33. The van der Waals surface area contributed by atoms with Crippen molar-refractivity contribution in [2.75, 3.05) is 34.3 Å². The van der Waals surface area contributed by atoms with E-state index in [0.717, 1.165) is 5.75 Å². The van der Waals surface area contributed by atoms with Crippen molar-refractivity contribution in [2.24, 2.45) is 0 Å². The van der Waals surface area contributed by atoms with Crippen LogP contribution >= 0.6 is 0 Å². The number of hydrogen-bond acceptors (Lipinski definition) is 5. The fourth-order valence-corrected chi connectivity index (χ4v) is 1.05. The van der Waals surface area contributed by atoms with Gasteiger partial charge in [0.05, 0.1) is 0 Å². The Morgan fingerprint density at radius 3 is 2.06 bits per heavy atom. The maximum atomic E-state index is 5.32. The van der Waals surface area contributed by atoms with E-state index in [1.54, 1.807) is 7.11 Å². The number of rotatable bonds is 9. The maximum absolute atomic E-state index is 5.32. The monoisotopic (exact) mass is 242 g/mol. The third kappa shape index (κ3) is 6.91. The number of ether oxygens (including phenoxy) is 5. The Morgan fingerprint density at radius 2 is 1.41 bits per heavy atom. The molecular formula is C12H18O5. The molecule has 1 rings (SSSR count). The van der Waals surface area contributed by atoms with Crippen molar-refractivity contribution in [3.05, 3.63) is 29.8 Å². The molecular weight excluding hydrogens is 224 g/mol. The molecule has 0 aromatic heterocycles. The highest BCUT2D eigenvalue weighted by molar-refractivity contribution is 5.26. The molecule has 0 atom stereocenters. The minimum Gasteiger partial charge on any atom is -0.467 e. The van der Waals surface area contributed by atoms with Crippen LogP contribution in [0.15, 0.2) is 24.3 Å². The molecule has 0 aliphatic carbocycles. The van der Waals surface area contributed by atoms with E-state index in [0.29, 0.717) is 0 Å². The van der Waals surface area contributed by atoms with Gasteiger partial charge in [-0.25, -0.2) is 0 Å². The van der Waals surface area contributed by atoms with Gasteiger partial charge in [-0.05, 0) is 19.1 Å². The normalized spacial score (nSPS) is 10.5. The van der Waals surface area contributed by atoms with E-state index in [4.69, 9.17) is 18.9 Å². The molecule has 0 aliphatic rings. The van der Waals surface area contributed by atoms with Gasteiger partial charge < -0.3 is 23.7 Å². The SMILES string of the molecule is COCOCOCOCOc1ccc(C)cc1. The lowest BCUT2D eigenvalue weighted by atomic mass is 10.2. The molecule has 0 saturated carbocycles. The fourth-order valence-electron chi connectivity index (χ4n) is 1.05. The van der Waals surface area contributed by atoms with Gasteiger partial charge in [0.25, 0.3) is 0 Å². The predicted molar refractivity (Wildman–Crippen MR) is 61.5 cm³/mol. The first-order valence-electron chi connectivity index (χ1n) is 5.24. The van der Waals surface area contributed by atoms with Crippen LogP contribution < -0.4 is 4.74 Å². The minimum atomic E-state index is 0.121. The summed E-state index contributed by atoms with van der Waals surface area (Å²) in [7, 11) is 1.55. The predicted octanol–water partition coefficient (Wildman–Crippen LogP) is 1.90. The molecule has 0 fully saturated rings. The van der Waals surface area contributed by atoms with E-state index >= 15 is 0 Å². The van der Waals surface area contributed by atoms with E-state index in [2.05, 4.69) is 4.74 Å². The molecule has 0 amide bonds. The molecule has 0 bridgehead atoms. The standard InChI is InChI=1S/C12H18O5/c1-11-3-5-12(6-4-11)17-10-16-9-15-8-14-7-13-2/h3-6H,7-10H2,1-2H3. The van der Waals surface area contributed by atoms with Crippen molar-refractivity contribution in [2.45, 2.75) is 6.92 Å². The maximum Gasteiger partial charge on any atom is 0.191 e. The summed E-state index contributed by atoms with van der Waals surface area (Å²) >= 11 is 0. The molecule has 0 unspecified atom stereocenters. The Hall–Kier alpha value is -1.14. The molecule has 0 spiro atoms. The highest BCUT2D eigenvalue weighted by Gasteiger charge is 1.93. The van der Waals surface area contributed by atoms with Crippen molar-refractivity contribution >= 4 is 0 Å². The van der Waals surface area contributed by atoms with E-state index in [-0.39, 0.29) is 27.2 Å². The van der Waals surface area contributed by atoms with Gasteiger partial charge in [0.2, 0.25) is 0 Å². The lowest BCUT2D eigenvalue weighted by Gasteiger charge is -2.08. The third-order valence-electron chi connectivity index (χ3n) is 1.86. The molecule has 1 aromatic carbocycles. The quantitative estimate of drug-likeness (QED) is 0.489. The molecule has 0 aliphatic heterocycles.